The maximum Gasteiger partial charge on any atom is 0.206 e. The van der Waals surface area contributed by atoms with Crippen LogP contribution in [0.1, 0.15) is 25.0 Å². The zero-order valence-electron chi connectivity index (χ0n) is 17.6. The lowest BCUT2D eigenvalue weighted by Crippen LogP contribution is -2.65. The van der Waals surface area contributed by atoms with Crippen molar-refractivity contribution in [2.45, 2.75) is 45.4 Å². The summed E-state index contributed by atoms with van der Waals surface area (Å²) in [5, 5.41) is 9.06. The number of aryl methyl sites for hydroxylation is 1. The zero-order valence-corrected chi connectivity index (χ0v) is 17.6. The third kappa shape index (κ3) is 2.62. The lowest BCUT2D eigenvalue weighted by atomic mass is 9.69. The Balaban J connectivity index is 1.59. The van der Waals surface area contributed by atoms with E-state index >= 15 is 4.39 Å². The molecule has 0 radical (unpaired) electrons. The number of hydrogen-bond acceptors (Lipinski definition) is 7. The standard InChI is InChI=1S/C22H23FN6O2/c1-12-6-26-29(7-12)21-16-4-15-5-22(9-24-11-25-10-22)20-14(3)30-13(2)8-28(20)18(15)17(23)19(16)31-27-21/h4,6-7,9-10,13-14,20H,5,8,11H2,1-3H3/t13-,14+,20-/m0/s1. The first-order valence-corrected chi connectivity index (χ1v) is 10.5. The van der Waals surface area contributed by atoms with E-state index < -0.39 is 5.41 Å². The average Bonchev–Trinajstić information content (AvgIpc) is 3.34. The fraction of sp³-hybridized carbons (Fsp3) is 0.455. The molecule has 8 nitrogen and oxygen atoms in total. The molecule has 3 aromatic rings. The number of morpholine rings is 1. The van der Waals surface area contributed by atoms with Crippen molar-refractivity contribution in [1.29, 1.82) is 0 Å². The number of anilines is 1. The Kier molecular flexibility index (Phi) is 3.89. The molecule has 1 spiro atoms. The Morgan fingerprint density at radius 1 is 1.23 bits per heavy atom. The van der Waals surface area contributed by atoms with Gasteiger partial charge in [-0.3, -0.25) is 9.98 Å². The third-order valence-corrected chi connectivity index (χ3v) is 6.51. The Morgan fingerprint density at radius 3 is 2.77 bits per heavy atom. The zero-order chi connectivity index (χ0) is 21.3. The summed E-state index contributed by atoms with van der Waals surface area (Å²) in [5.74, 6) is 0.0941. The van der Waals surface area contributed by atoms with Crippen molar-refractivity contribution in [3.63, 3.8) is 0 Å². The van der Waals surface area contributed by atoms with Crippen molar-refractivity contribution in [2.24, 2.45) is 15.4 Å². The highest BCUT2D eigenvalue weighted by Gasteiger charge is 2.52. The van der Waals surface area contributed by atoms with Crippen molar-refractivity contribution in [2.75, 3.05) is 18.1 Å². The van der Waals surface area contributed by atoms with E-state index in [1.165, 1.54) is 0 Å². The van der Waals surface area contributed by atoms with Gasteiger partial charge in [-0.05, 0) is 44.4 Å². The van der Waals surface area contributed by atoms with Gasteiger partial charge in [0.2, 0.25) is 11.4 Å². The minimum absolute atomic E-state index is 0.0286. The monoisotopic (exact) mass is 422 g/mol. The molecule has 6 rings (SSSR count). The lowest BCUT2D eigenvalue weighted by Gasteiger charge is -2.54. The van der Waals surface area contributed by atoms with E-state index in [4.69, 9.17) is 9.26 Å². The van der Waals surface area contributed by atoms with Crippen molar-refractivity contribution in [1.82, 2.24) is 14.9 Å². The molecule has 0 N–H and O–H groups in total. The van der Waals surface area contributed by atoms with Crippen molar-refractivity contribution >= 4 is 29.1 Å². The summed E-state index contributed by atoms with van der Waals surface area (Å²) in [7, 11) is 0. The summed E-state index contributed by atoms with van der Waals surface area (Å²) in [4.78, 5) is 11.1. The smallest absolute Gasteiger partial charge is 0.206 e. The molecule has 0 aliphatic carbocycles. The van der Waals surface area contributed by atoms with E-state index in [1.807, 2.05) is 45.5 Å². The number of fused-ring (bicyclic) bond motifs is 5. The molecule has 31 heavy (non-hydrogen) atoms. The minimum Gasteiger partial charge on any atom is -0.372 e. The number of aliphatic imine (C=N–C) groups is 2. The van der Waals surface area contributed by atoms with Gasteiger partial charge in [0.05, 0.1) is 40.9 Å². The fourth-order valence-electron chi connectivity index (χ4n) is 5.47. The second-order valence-electron chi connectivity index (χ2n) is 8.85. The molecule has 3 aliphatic rings. The number of hydrogen-bond donors (Lipinski definition) is 0. The predicted molar refractivity (Wildman–Crippen MR) is 115 cm³/mol. The molecule has 3 aliphatic heterocycles. The first-order chi connectivity index (χ1) is 15.0. The summed E-state index contributed by atoms with van der Waals surface area (Å²) >= 11 is 0. The maximum atomic E-state index is 16.0. The predicted octanol–water partition coefficient (Wildman–Crippen LogP) is 3.10. The van der Waals surface area contributed by atoms with Crippen LogP contribution in [-0.2, 0) is 11.2 Å². The molecule has 0 saturated carbocycles. The van der Waals surface area contributed by atoms with Crippen LogP contribution in [0.3, 0.4) is 0 Å². The summed E-state index contributed by atoms with van der Waals surface area (Å²) in [6.45, 7) is 7.00. The molecular formula is C22H23FN6O2. The van der Waals surface area contributed by atoms with Crippen molar-refractivity contribution in [3.05, 3.63) is 35.4 Å². The fourth-order valence-corrected chi connectivity index (χ4v) is 5.47. The first kappa shape index (κ1) is 18.7. The van der Waals surface area contributed by atoms with E-state index in [0.717, 1.165) is 11.1 Å². The number of aromatic nitrogens is 3. The van der Waals surface area contributed by atoms with Gasteiger partial charge in [-0.1, -0.05) is 5.16 Å². The minimum atomic E-state index is -0.454. The van der Waals surface area contributed by atoms with Crippen molar-refractivity contribution in [3.8, 4) is 5.82 Å². The van der Waals surface area contributed by atoms with Crippen LogP contribution in [0.5, 0.6) is 0 Å². The van der Waals surface area contributed by atoms with E-state index in [1.54, 1.807) is 10.9 Å². The third-order valence-electron chi connectivity index (χ3n) is 6.51. The Labute approximate surface area is 178 Å². The Hall–Kier alpha value is -3.07. The van der Waals surface area contributed by atoms with Gasteiger partial charge in [-0.2, -0.15) is 5.10 Å². The van der Waals surface area contributed by atoms with Crippen LogP contribution < -0.4 is 4.90 Å². The molecule has 0 amide bonds. The molecule has 1 saturated heterocycles. The van der Waals surface area contributed by atoms with Gasteiger partial charge in [-0.15, -0.1) is 0 Å². The number of halogens is 1. The molecule has 0 unspecified atom stereocenters. The molecule has 1 fully saturated rings. The van der Waals surface area contributed by atoms with Crippen LogP contribution in [0.25, 0.3) is 16.8 Å². The Bertz CT molecular complexity index is 1230. The molecule has 5 heterocycles. The van der Waals surface area contributed by atoms with E-state index in [-0.39, 0.29) is 29.7 Å². The highest BCUT2D eigenvalue weighted by molar-refractivity contribution is 5.96. The van der Waals surface area contributed by atoms with Crippen LogP contribution in [0.2, 0.25) is 0 Å². The molecule has 0 bridgehead atoms. The maximum absolute atomic E-state index is 16.0. The molecule has 9 heteroatoms. The van der Waals surface area contributed by atoms with E-state index in [0.29, 0.717) is 36.5 Å². The van der Waals surface area contributed by atoms with Gasteiger partial charge in [0.15, 0.2) is 5.82 Å². The number of nitrogens with zero attached hydrogens (tertiary/aromatic N) is 6. The molecule has 3 atom stereocenters. The first-order valence-electron chi connectivity index (χ1n) is 10.5. The topological polar surface area (TPSA) is 81.0 Å². The van der Waals surface area contributed by atoms with Gasteiger partial charge in [0.1, 0.15) is 6.67 Å². The lowest BCUT2D eigenvalue weighted by molar-refractivity contribution is -0.0432. The van der Waals surface area contributed by atoms with Gasteiger partial charge in [-0.25, -0.2) is 9.07 Å². The number of ether oxygens (including phenoxy) is 1. The highest BCUT2D eigenvalue weighted by atomic mass is 19.1. The number of benzene rings is 1. The van der Waals surface area contributed by atoms with Crippen molar-refractivity contribution < 1.29 is 13.7 Å². The second-order valence-corrected chi connectivity index (χ2v) is 8.85. The molecule has 1 aromatic carbocycles. The van der Waals surface area contributed by atoms with Crippen LogP contribution in [0.15, 0.2) is 33.0 Å². The number of rotatable bonds is 1. The van der Waals surface area contributed by atoms with Gasteiger partial charge in [0.25, 0.3) is 0 Å². The normalized spacial score (nSPS) is 26.5. The van der Waals surface area contributed by atoms with Crippen LogP contribution in [0, 0.1) is 18.2 Å². The largest absolute Gasteiger partial charge is 0.372 e. The summed E-state index contributed by atoms with van der Waals surface area (Å²) in [6, 6.07) is 1.88. The summed E-state index contributed by atoms with van der Waals surface area (Å²) < 4.78 is 29.2. The highest BCUT2D eigenvalue weighted by Crippen LogP contribution is 2.47. The van der Waals surface area contributed by atoms with E-state index in [2.05, 4.69) is 25.1 Å². The van der Waals surface area contributed by atoms with Gasteiger partial charge in [0, 0.05) is 25.2 Å². The molecule has 160 valence electrons. The van der Waals surface area contributed by atoms with Gasteiger partial charge >= 0.3 is 0 Å². The summed E-state index contributed by atoms with van der Waals surface area (Å²) in [6.07, 6.45) is 7.97. The quantitative estimate of drug-likeness (QED) is 0.602. The van der Waals surface area contributed by atoms with Crippen LogP contribution in [-0.4, -0.2) is 58.8 Å². The SMILES string of the molecule is Cc1cnn(-c2noc3c(F)c4c(cc23)CC2(C=NCN=C2)[C@@H]2[C@@H](C)O[C@@H](C)CN42)c1. The van der Waals surface area contributed by atoms with Gasteiger partial charge < -0.3 is 14.2 Å². The van der Waals surface area contributed by atoms with Crippen LogP contribution in [0.4, 0.5) is 10.1 Å². The average molecular weight is 422 g/mol. The van der Waals surface area contributed by atoms with E-state index in [9.17, 15) is 0 Å². The Morgan fingerprint density at radius 2 is 2.03 bits per heavy atom. The molecule has 2 aromatic heterocycles. The molecular weight excluding hydrogens is 399 g/mol. The summed E-state index contributed by atoms with van der Waals surface area (Å²) in [5.41, 5.74) is 2.13. The second kappa shape index (κ2) is 6.46. The van der Waals surface area contributed by atoms with Crippen LogP contribution >= 0.6 is 0 Å².